The van der Waals surface area contributed by atoms with Gasteiger partial charge in [0, 0.05) is 19.7 Å². The highest BCUT2D eigenvalue weighted by molar-refractivity contribution is 5.90. The first-order chi connectivity index (χ1) is 8.47. The van der Waals surface area contributed by atoms with Crippen LogP contribution in [-0.2, 0) is 0 Å². The third-order valence-corrected chi connectivity index (χ3v) is 2.68. The van der Waals surface area contributed by atoms with E-state index in [0.29, 0.717) is 12.2 Å². The molecule has 6 nitrogen and oxygen atoms in total. The van der Waals surface area contributed by atoms with Gasteiger partial charge in [0.1, 0.15) is 5.69 Å². The van der Waals surface area contributed by atoms with Gasteiger partial charge in [-0.15, -0.1) is 0 Å². The molecule has 1 rings (SSSR count). The minimum atomic E-state index is -1.09. The lowest BCUT2D eigenvalue weighted by Gasteiger charge is -2.19. The molecule has 0 atom stereocenters. The standard InChI is InChI=1S/C12H16N2O4/c1-3-4-7-13(2)11-8-9(12(15)16)5-6-10(11)14(17)18/h5-6,8H,3-4,7H2,1-2H3,(H,15,16). The van der Waals surface area contributed by atoms with Crippen LogP contribution < -0.4 is 4.90 Å². The van der Waals surface area contributed by atoms with E-state index in [1.54, 1.807) is 11.9 Å². The third-order valence-electron chi connectivity index (χ3n) is 2.68. The van der Waals surface area contributed by atoms with Gasteiger partial charge < -0.3 is 10.0 Å². The number of aromatic carboxylic acids is 1. The maximum absolute atomic E-state index is 10.9. The maximum Gasteiger partial charge on any atom is 0.335 e. The Morgan fingerprint density at radius 3 is 2.67 bits per heavy atom. The molecule has 0 aromatic heterocycles. The smallest absolute Gasteiger partial charge is 0.335 e. The second kappa shape index (κ2) is 6.00. The molecule has 0 unspecified atom stereocenters. The topological polar surface area (TPSA) is 83.7 Å². The molecule has 0 fully saturated rings. The second-order valence-corrected chi connectivity index (χ2v) is 4.04. The van der Waals surface area contributed by atoms with Gasteiger partial charge in [-0.05, 0) is 18.6 Å². The van der Waals surface area contributed by atoms with E-state index >= 15 is 0 Å². The Hall–Kier alpha value is -2.11. The van der Waals surface area contributed by atoms with Crippen LogP contribution in [0.15, 0.2) is 18.2 Å². The van der Waals surface area contributed by atoms with Crippen LogP contribution in [0.5, 0.6) is 0 Å². The molecular formula is C12H16N2O4. The van der Waals surface area contributed by atoms with Crippen molar-refractivity contribution in [3.05, 3.63) is 33.9 Å². The molecule has 1 aromatic rings. The van der Waals surface area contributed by atoms with Gasteiger partial charge >= 0.3 is 5.97 Å². The average Bonchev–Trinajstić information content (AvgIpc) is 2.34. The Bertz CT molecular complexity index is 459. The molecule has 0 aliphatic rings. The van der Waals surface area contributed by atoms with E-state index in [9.17, 15) is 14.9 Å². The van der Waals surface area contributed by atoms with Crippen LogP contribution in [0.25, 0.3) is 0 Å². The number of carboxylic acid groups (broad SMARTS) is 1. The first-order valence-electron chi connectivity index (χ1n) is 5.70. The Morgan fingerprint density at radius 2 is 2.17 bits per heavy atom. The van der Waals surface area contributed by atoms with E-state index in [4.69, 9.17) is 5.11 Å². The number of benzene rings is 1. The monoisotopic (exact) mass is 252 g/mol. The maximum atomic E-state index is 10.9. The summed E-state index contributed by atoms with van der Waals surface area (Å²) in [4.78, 5) is 23.0. The van der Waals surface area contributed by atoms with Crippen LogP contribution in [-0.4, -0.2) is 29.6 Å². The molecule has 98 valence electrons. The Balaban J connectivity index is 3.14. The van der Waals surface area contributed by atoms with Crippen LogP contribution in [0, 0.1) is 10.1 Å². The summed E-state index contributed by atoms with van der Waals surface area (Å²) >= 11 is 0. The molecule has 1 aromatic carbocycles. The van der Waals surface area contributed by atoms with Crippen molar-refractivity contribution in [2.24, 2.45) is 0 Å². The molecule has 0 spiro atoms. The van der Waals surface area contributed by atoms with Crippen LogP contribution in [0.3, 0.4) is 0 Å². The number of rotatable bonds is 6. The van der Waals surface area contributed by atoms with Crippen LogP contribution >= 0.6 is 0 Å². The number of hydrogen-bond acceptors (Lipinski definition) is 4. The number of hydrogen-bond donors (Lipinski definition) is 1. The number of carbonyl (C=O) groups is 1. The van der Waals surface area contributed by atoms with Crippen molar-refractivity contribution in [1.82, 2.24) is 0 Å². The van der Waals surface area contributed by atoms with Gasteiger partial charge in [0.2, 0.25) is 0 Å². The molecular weight excluding hydrogens is 236 g/mol. The molecule has 0 bridgehead atoms. The molecule has 0 heterocycles. The number of unbranched alkanes of at least 4 members (excludes halogenated alkanes) is 1. The van der Waals surface area contributed by atoms with Crippen LogP contribution in [0.1, 0.15) is 30.1 Å². The SMILES string of the molecule is CCCCN(C)c1cc(C(=O)O)ccc1[N+](=O)[O-]. The van der Waals surface area contributed by atoms with Gasteiger partial charge in [-0.3, -0.25) is 10.1 Å². The third kappa shape index (κ3) is 3.19. The summed E-state index contributed by atoms with van der Waals surface area (Å²) in [6.45, 7) is 2.68. The van der Waals surface area contributed by atoms with Crippen molar-refractivity contribution in [3.8, 4) is 0 Å². The van der Waals surface area contributed by atoms with Crippen LogP contribution in [0.2, 0.25) is 0 Å². The van der Waals surface area contributed by atoms with Crippen LogP contribution in [0.4, 0.5) is 11.4 Å². The lowest BCUT2D eigenvalue weighted by atomic mass is 10.1. The minimum absolute atomic E-state index is 0.0546. The fourth-order valence-electron chi connectivity index (χ4n) is 1.63. The summed E-state index contributed by atoms with van der Waals surface area (Å²) < 4.78 is 0. The van der Waals surface area contributed by atoms with Gasteiger partial charge in [0.05, 0.1) is 10.5 Å². The summed E-state index contributed by atoms with van der Waals surface area (Å²) in [6.07, 6.45) is 1.86. The van der Waals surface area contributed by atoms with Crippen molar-refractivity contribution in [1.29, 1.82) is 0 Å². The van der Waals surface area contributed by atoms with Crippen molar-refractivity contribution in [2.75, 3.05) is 18.5 Å². The number of nitro groups is 1. The predicted octanol–water partition coefficient (Wildman–Crippen LogP) is 2.53. The molecule has 0 aliphatic carbocycles. The lowest BCUT2D eigenvalue weighted by Crippen LogP contribution is -2.20. The molecule has 0 saturated heterocycles. The molecule has 0 amide bonds. The largest absolute Gasteiger partial charge is 0.478 e. The van der Waals surface area contributed by atoms with E-state index < -0.39 is 10.9 Å². The molecule has 18 heavy (non-hydrogen) atoms. The molecule has 0 aliphatic heterocycles. The Labute approximate surface area is 105 Å². The highest BCUT2D eigenvalue weighted by Crippen LogP contribution is 2.28. The van der Waals surface area contributed by atoms with E-state index in [-0.39, 0.29) is 11.3 Å². The highest BCUT2D eigenvalue weighted by atomic mass is 16.6. The number of carboxylic acids is 1. The number of anilines is 1. The van der Waals surface area contributed by atoms with Gasteiger partial charge in [0.15, 0.2) is 0 Å². The predicted molar refractivity (Wildman–Crippen MR) is 68.2 cm³/mol. The van der Waals surface area contributed by atoms with Gasteiger partial charge in [-0.25, -0.2) is 4.79 Å². The quantitative estimate of drug-likeness (QED) is 0.621. The fraction of sp³-hybridized carbons (Fsp3) is 0.417. The second-order valence-electron chi connectivity index (χ2n) is 4.04. The van der Waals surface area contributed by atoms with Gasteiger partial charge in [-0.2, -0.15) is 0 Å². The summed E-state index contributed by atoms with van der Waals surface area (Å²) in [6, 6.07) is 3.83. The highest BCUT2D eigenvalue weighted by Gasteiger charge is 2.19. The van der Waals surface area contributed by atoms with Crippen molar-refractivity contribution in [3.63, 3.8) is 0 Å². The Morgan fingerprint density at radius 1 is 1.50 bits per heavy atom. The summed E-state index contributed by atoms with van der Waals surface area (Å²) in [5.74, 6) is -1.09. The molecule has 1 N–H and O–H groups in total. The molecule has 6 heteroatoms. The first-order valence-corrected chi connectivity index (χ1v) is 5.70. The number of nitrogens with zero attached hydrogens (tertiary/aromatic N) is 2. The zero-order chi connectivity index (χ0) is 13.7. The van der Waals surface area contributed by atoms with E-state index in [1.165, 1.54) is 18.2 Å². The summed E-state index contributed by atoms with van der Waals surface area (Å²) in [5, 5.41) is 19.8. The lowest BCUT2D eigenvalue weighted by molar-refractivity contribution is -0.384. The normalized spacial score (nSPS) is 10.1. The molecule has 0 saturated carbocycles. The van der Waals surface area contributed by atoms with Gasteiger partial charge in [-0.1, -0.05) is 13.3 Å². The summed E-state index contributed by atoms with van der Waals surface area (Å²) in [5.41, 5.74) is 0.325. The zero-order valence-electron chi connectivity index (χ0n) is 10.4. The number of nitro benzene ring substituents is 1. The van der Waals surface area contributed by atoms with Crippen molar-refractivity contribution >= 4 is 17.3 Å². The van der Waals surface area contributed by atoms with E-state index in [0.717, 1.165) is 12.8 Å². The first kappa shape index (κ1) is 14.0. The summed E-state index contributed by atoms with van der Waals surface area (Å²) in [7, 11) is 1.73. The minimum Gasteiger partial charge on any atom is -0.478 e. The average molecular weight is 252 g/mol. The molecule has 0 radical (unpaired) electrons. The fourth-order valence-corrected chi connectivity index (χ4v) is 1.63. The van der Waals surface area contributed by atoms with E-state index in [2.05, 4.69) is 0 Å². The van der Waals surface area contributed by atoms with Crippen molar-refractivity contribution < 1.29 is 14.8 Å². The van der Waals surface area contributed by atoms with Crippen molar-refractivity contribution in [2.45, 2.75) is 19.8 Å². The van der Waals surface area contributed by atoms with Gasteiger partial charge in [0.25, 0.3) is 5.69 Å². The Kier molecular flexibility index (Phi) is 4.65. The van der Waals surface area contributed by atoms with E-state index in [1.807, 2.05) is 6.92 Å². The zero-order valence-corrected chi connectivity index (χ0v) is 10.4.